The van der Waals surface area contributed by atoms with Crippen molar-refractivity contribution < 1.29 is 20.0 Å². The zero-order valence-electron chi connectivity index (χ0n) is 10.4. The molecule has 0 spiro atoms. The first-order valence-corrected chi connectivity index (χ1v) is 5.91. The minimum atomic E-state index is -0.477. The van der Waals surface area contributed by atoms with E-state index < -0.39 is 6.04 Å². The molecule has 1 aromatic rings. The second kappa shape index (κ2) is 6.91. The van der Waals surface area contributed by atoms with Crippen LogP contribution in [0.1, 0.15) is 31.9 Å². The maximum atomic E-state index is 11.5. The van der Waals surface area contributed by atoms with Gasteiger partial charge < -0.3 is 15.2 Å². The average Bonchev–Trinajstić information content (AvgIpc) is 2.36. The molecule has 3 N–H and O–H groups in total. The van der Waals surface area contributed by atoms with Gasteiger partial charge in [-0.15, -0.1) is 0 Å². The molecule has 4 heteroatoms. The lowest BCUT2D eigenvalue weighted by Crippen LogP contribution is -2.57. The number of hydrogen-bond donors (Lipinski definition) is 1. The fourth-order valence-electron chi connectivity index (χ4n) is 1.40. The number of quaternary nitrogens is 1. The minimum Gasteiger partial charge on any atom is -0.494 e. The molecule has 0 fully saturated rings. The molecule has 0 bridgehead atoms. The molecule has 0 aliphatic carbocycles. The van der Waals surface area contributed by atoms with Gasteiger partial charge in [-0.05, 0) is 37.6 Å². The zero-order valence-corrected chi connectivity index (χ0v) is 10.4. The summed E-state index contributed by atoms with van der Waals surface area (Å²) in [6, 6.07) is 6.92. The van der Waals surface area contributed by atoms with Gasteiger partial charge in [0.25, 0.3) is 0 Å². The molecule has 1 atom stereocenters. The van der Waals surface area contributed by atoms with Gasteiger partial charge in [0, 0.05) is 5.56 Å². The Labute approximate surface area is 102 Å². The lowest BCUT2D eigenvalue weighted by Gasteiger charge is -2.09. The lowest BCUT2D eigenvalue weighted by molar-refractivity contribution is -0.414. The summed E-state index contributed by atoms with van der Waals surface area (Å²) in [5.74, 6) is 0.515. The van der Waals surface area contributed by atoms with Gasteiger partial charge in [0.2, 0.25) is 6.04 Å². The van der Waals surface area contributed by atoms with E-state index in [0.717, 1.165) is 17.7 Å². The first-order chi connectivity index (χ1) is 8.19. The van der Waals surface area contributed by atoms with Crippen molar-refractivity contribution >= 4 is 5.97 Å². The Bertz CT molecular complexity index is 348. The number of rotatable bonds is 6. The quantitative estimate of drug-likeness (QED) is 0.760. The van der Waals surface area contributed by atoms with Crippen LogP contribution in [0.4, 0.5) is 0 Å². The van der Waals surface area contributed by atoms with E-state index in [9.17, 15) is 4.79 Å². The number of hydrogen-bond acceptors (Lipinski definition) is 3. The van der Waals surface area contributed by atoms with Gasteiger partial charge in [0.1, 0.15) is 5.75 Å². The van der Waals surface area contributed by atoms with E-state index in [1.165, 1.54) is 0 Å². The molecule has 1 aromatic carbocycles. The molecule has 17 heavy (non-hydrogen) atoms. The predicted molar refractivity (Wildman–Crippen MR) is 64.5 cm³/mol. The molecule has 0 saturated heterocycles. The zero-order chi connectivity index (χ0) is 12.7. The topological polar surface area (TPSA) is 63.2 Å². The van der Waals surface area contributed by atoms with Crippen LogP contribution in [0.25, 0.3) is 0 Å². The fourth-order valence-corrected chi connectivity index (χ4v) is 1.40. The van der Waals surface area contributed by atoms with Gasteiger partial charge in [-0.3, -0.25) is 0 Å². The molecule has 0 heterocycles. The van der Waals surface area contributed by atoms with E-state index in [1.807, 2.05) is 24.3 Å². The predicted octanol–water partition coefficient (Wildman–Crippen LogP) is 1.32. The van der Waals surface area contributed by atoms with E-state index in [2.05, 4.69) is 12.7 Å². The molecule has 0 amide bonds. The summed E-state index contributed by atoms with van der Waals surface area (Å²) in [6.45, 7) is 4.92. The van der Waals surface area contributed by atoms with Crippen LogP contribution < -0.4 is 10.5 Å². The van der Waals surface area contributed by atoms with Crippen molar-refractivity contribution in [3.8, 4) is 5.75 Å². The Kier molecular flexibility index (Phi) is 5.49. The third kappa shape index (κ3) is 4.07. The molecule has 1 rings (SSSR count). The third-order valence-corrected chi connectivity index (χ3v) is 2.33. The van der Waals surface area contributed by atoms with Crippen LogP contribution in [0.3, 0.4) is 0 Å². The van der Waals surface area contributed by atoms with Gasteiger partial charge in [-0.1, -0.05) is 6.92 Å². The lowest BCUT2D eigenvalue weighted by atomic mass is 10.1. The Hall–Kier alpha value is -1.55. The molecule has 0 aliphatic rings. The van der Waals surface area contributed by atoms with E-state index in [1.54, 1.807) is 6.92 Å². The average molecular weight is 238 g/mol. The van der Waals surface area contributed by atoms with Crippen molar-refractivity contribution in [1.82, 2.24) is 0 Å². The van der Waals surface area contributed by atoms with Crippen molar-refractivity contribution in [2.45, 2.75) is 26.3 Å². The molecule has 94 valence electrons. The SMILES string of the molecule is CCCOc1ccc([C@@H]([NH3+])C(=O)OCC)cc1. The van der Waals surface area contributed by atoms with Crippen LogP contribution in [0.5, 0.6) is 5.75 Å². The molecular formula is C13H20NO3+. The summed E-state index contributed by atoms with van der Waals surface area (Å²) in [5.41, 5.74) is 4.64. The van der Waals surface area contributed by atoms with Crippen molar-refractivity contribution in [3.63, 3.8) is 0 Å². The number of ether oxygens (including phenoxy) is 2. The van der Waals surface area contributed by atoms with Gasteiger partial charge in [-0.25, -0.2) is 4.79 Å². The normalized spacial score (nSPS) is 11.9. The van der Waals surface area contributed by atoms with E-state index in [4.69, 9.17) is 9.47 Å². The maximum absolute atomic E-state index is 11.5. The van der Waals surface area contributed by atoms with Crippen LogP contribution in [0, 0.1) is 0 Å². The summed E-state index contributed by atoms with van der Waals surface area (Å²) < 4.78 is 10.4. The Morgan fingerprint density at radius 1 is 1.29 bits per heavy atom. The van der Waals surface area contributed by atoms with Crippen molar-refractivity contribution in [3.05, 3.63) is 29.8 Å². The van der Waals surface area contributed by atoms with Gasteiger partial charge in [-0.2, -0.15) is 0 Å². The molecule has 0 aliphatic heterocycles. The number of benzene rings is 1. The summed E-state index contributed by atoms with van der Waals surface area (Å²) in [5, 5.41) is 0. The molecule has 0 aromatic heterocycles. The van der Waals surface area contributed by atoms with Crippen molar-refractivity contribution in [2.75, 3.05) is 13.2 Å². The fraction of sp³-hybridized carbons (Fsp3) is 0.462. The first-order valence-electron chi connectivity index (χ1n) is 5.91. The van der Waals surface area contributed by atoms with E-state index >= 15 is 0 Å². The van der Waals surface area contributed by atoms with Gasteiger partial charge >= 0.3 is 5.97 Å². The highest BCUT2D eigenvalue weighted by molar-refractivity contribution is 5.75. The first kappa shape index (κ1) is 13.5. The summed E-state index contributed by atoms with van der Waals surface area (Å²) >= 11 is 0. The van der Waals surface area contributed by atoms with Gasteiger partial charge in [0.15, 0.2) is 0 Å². The van der Waals surface area contributed by atoms with Crippen LogP contribution in [-0.4, -0.2) is 19.2 Å². The third-order valence-electron chi connectivity index (χ3n) is 2.33. The monoisotopic (exact) mass is 238 g/mol. The molecular weight excluding hydrogens is 218 g/mol. The van der Waals surface area contributed by atoms with Gasteiger partial charge in [0.05, 0.1) is 13.2 Å². The highest BCUT2D eigenvalue weighted by atomic mass is 16.5. The molecule has 4 nitrogen and oxygen atoms in total. The summed E-state index contributed by atoms with van der Waals surface area (Å²) in [4.78, 5) is 11.5. The van der Waals surface area contributed by atoms with E-state index in [-0.39, 0.29) is 5.97 Å². The highest BCUT2D eigenvalue weighted by Crippen LogP contribution is 2.16. The Morgan fingerprint density at radius 2 is 1.94 bits per heavy atom. The van der Waals surface area contributed by atoms with E-state index in [0.29, 0.717) is 13.2 Å². The second-order valence-electron chi connectivity index (χ2n) is 3.72. The Morgan fingerprint density at radius 3 is 2.47 bits per heavy atom. The smallest absolute Gasteiger partial charge is 0.369 e. The second-order valence-corrected chi connectivity index (χ2v) is 3.72. The van der Waals surface area contributed by atoms with Crippen LogP contribution in [0.2, 0.25) is 0 Å². The largest absolute Gasteiger partial charge is 0.494 e. The van der Waals surface area contributed by atoms with Crippen LogP contribution in [-0.2, 0) is 9.53 Å². The summed E-state index contributed by atoms with van der Waals surface area (Å²) in [7, 11) is 0. The minimum absolute atomic E-state index is 0.297. The number of esters is 1. The number of carbonyl (C=O) groups excluding carboxylic acids is 1. The van der Waals surface area contributed by atoms with Crippen LogP contribution in [0.15, 0.2) is 24.3 Å². The molecule has 0 unspecified atom stereocenters. The molecule has 0 saturated carbocycles. The Balaban J connectivity index is 2.63. The number of carbonyl (C=O) groups is 1. The highest BCUT2D eigenvalue weighted by Gasteiger charge is 2.20. The van der Waals surface area contributed by atoms with Crippen LogP contribution >= 0.6 is 0 Å². The summed E-state index contributed by atoms with van der Waals surface area (Å²) in [6.07, 6.45) is 0.975. The standard InChI is InChI=1S/C13H19NO3/c1-3-9-17-11-7-5-10(6-8-11)12(14)13(15)16-4-2/h5-8,12H,3-4,9,14H2,1-2H3/p+1/t12-/m1/s1. The maximum Gasteiger partial charge on any atom is 0.369 e. The van der Waals surface area contributed by atoms with Crippen molar-refractivity contribution in [1.29, 1.82) is 0 Å². The molecule has 0 radical (unpaired) electrons. The van der Waals surface area contributed by atoms with Crippen molar-refractivity contribution in [2.24, 2.45) is 0 Å².